The molecule has 0 bridgehead atoms. The van der Waals surface area contributed by atoms with E-state index in [1.165, 1.54) is 6.33 Å². The van der Waals surface area contributed by atoms with E-state index in [-0.39, 0.29) is 6.03 Å². The first kappa shape index (κ1) is 17.4. The number of amides is 2. The fourth-order valence-electron chi connectivity index (χ4n) is 2.40. The van der Waals surface area contributed by atoms with Gasteiger partial charge in [0, 0.05) is 11.3 Å². The first-order valence-electron chi connectivity index (χ1n) is 8.21. The zero-order valence-corrected chi connectivity index (χ0v) is 14.7. The number of rotatable bonds is 5. The van der Waals surface area contributed by atoms with E-state index in [2.05, 4.69) is 20.6 Å². The third-order valence-electron chi connectivity index (χ3n) is 3.85. The Hall–Kier alpha value is -3.41. The van der Waals surface area contributed by atoms with Gasteiger partial charge in [0.25, 0.3) is 0 Å². The third kappa shape index (κ3) is 4.57. The van der Waals surface area contributed by atoms with Crippen LogP contribution in [-0.2, 0) is 6.54 Å². The molecule has 0 fully saturated rings. The van der Waals surface area contributed by atoms with Gasteiger partial charge >= 0.3 is 6.03 Å². The molecule has 3 aromatic rings. The third-order valence-corrected chi connectivity index (χ3v) is 3.85. The highest BCUT2D eigenvalue weighted by atomic mass is 16.5. The lowest BCUT2D eigenvalue weighted by molar-refractivity contribution is 0.251. The van der Waals surface area contributed by atoms with Crippen LogP contribution in [0.3, 0.4) is 0 Å². The molecule has 2 aromatic carbocycles. The molecule has 0 atom stereocenters. The van der Waals surface area contributed by atoms with Crippen molar-refractivity contribution in [3.8, 4) is 17.0 Å². The quantitative estimate of drug-likeness (QED) is 0.736. The van der Waals surface area contributed by atoms with E-state index >= 15 is 0 Å². The van der Waals surface area contributed by atoms with Gasteiger partial charge in [0.1, 0.15) is 12.1 Å². The highest BCUT2D eigenvalue weighted by Crippen LogP contribution is 2.20. The lowest BCUT2D eigenvalue weighted by Gasteiger charge is -2.08. The molecule has 2 amide bonds. The average molecular weight is 348 g/mol. The minimum absolute atomic E-state index is 0.279. The summed E-state index contributed by atoms with van der Waals surface area (Å²) in [7, 11) is 1.63. The van der Waals surface area contributed by atoms with E-state index in [1.807, 2.05) is 61.5 Å². The van der Waals surface area contributed by atoms with Crippen LogP contribution in [0.15, 0.2) is 60.9 Å². The molecule has 1 aromatic heterocycles. The molecule has 1 heterocycles. The number of carbonyl (C=O) groups excluding carboxylic acids is 1. The van der Waals surface area contributed by atoms with Crippen LogP contribution >= 0.6 is 0 Å². The molecule has 6 heteroatoms. The van der Waals surface area contributed by atoms with Gasteiger partial charge in [0.05, 0.1) is 25.0 Å². The van der Waals surface area contributed by atoms with Crippen LogP contribution in [0, 0.1) is 6.92 Å². The van der Waals surface area contributed by atoms with Gasteiger partial charge in [-0.15, -0.1) is 0 Å². The number of hydrogen-bond donors (Lipinski definition) is 2. The molecule has 0 spiro atoms. The van der Waals surface area contributed by atoms with Crippen LogP contribution in [0.1, 0.15) is 11.3 Å². The van der Waals surface area contributed by atoms with Gasteiger partial charge in [-0.3, -0.25) is 0 Å². The number of methoxy groups -OCH3 is 1. The molecular formula is C20H20N4O2. The number of anilines is 1. The monoisotopic (exact) mass is 348 g/mol. The highest BCUT2D eigenvalue weighted by Gasteiger charge is 2.05. The number of hydrogen-bond acceptors (Lipinski definition) is 4. The van der Waals surface area contributed by atoms with E-state index in [1.54, 1.807) is 7.11 Å². The zero-order chi connectivity index (χ0) is 18.4. The van der Waals surface area contributed by atoms with Crippen LogP contribution < -0.4 is 15.4 Å². The van der Waals surface area contributed by atoms with Crippen LogP contribution in [-0.4, -0.2) is 23.1 Å². The maximum atomic E-state index is 12.0. The first-order chi connectivity index (χ1) is 12.6. The minimum atomic E-state index is -0.279. The van der Waals surface area contributed by atoms with Gasteiger partial charge in [0.2, 0.25) is 0 Å². The predicted octanol–water partition coefficient (Wildman–Crippen LogP) is 3.78. The lowest BCUT2D eigenvalue weighted by Crippen LogP contribution is -2.28. The molecule has 0 saturated heterocycles. The number of ether oxygens (including phenoxy) is 1. The molecular weight excluding hydrogens is 328 g/mol. The van der Waals surface area contributed by atoms with E-state index in [9.17, 15) is 4.79 Å². The fourth-order valence-corrected chi connectivity index (χ4v) is 2.40. The summed E-state index contributed by atoms with van der Waals surface area (Å²) in [6.45, 7) is 2.31. The summed E-state index contributed by atoms with van der Waals surface area (Å²) in [5, 5.41) is 5.59. The van der Waals surface area contributed by atoms with Crippen molar-refractivity contribution in [2.45, 2.75) is 13.5 Å². The Morgan fingerprint density at radius 1 is 1.04 bits per heavy atom. The summed E-state index contributed by atoms with van der Waals surface area (Å²) < 4.78 is 5.16. The second-order valence-electron chi connectivity index (χ2n) is 5.80. The number of urea groups is 1. The van der Waals surface area contributed by atoms with E-state index in [4.69, 9.17) is 4.74 Å². The van der Waals surface area contributed by atoms with Gasteiger partial charge in [0.15, 0.2) is 0 Å². The minimum Gasteiger partial charge on any atom is -0.497 e. The molecule has 0 saturated carbocycles. The summed E-state index contributed by atoms with van der Waals surface area (Å²) in [6.07, 6.45) is 1.49. The Balaban J connectivity index is 1.61. The summed E-state index contributed by atoms with van der Waals surface area (Å²) in [5.41, 5.74) is 4.36. The Bertz CT molecular complexity index is 877. The van der Waals surface area contributed by atoms with Crippen molar-refractivity contribution in [2.24, 2.45) is 0 Å². The van der Waals surface area contributed by atoms with Crippen molar-refractivity contribution in [3.63, 3.8) is 0 Å². The van der Waals surface area contributed by atoms with Crippen molar-refractivity contribution in [1.29, 1.82) is 0 Å². The summed E-state index contributed by atoms with van der Waals surface area (Å²) in [5.74, 6) is 0.789. The maximum Gasteiger partial charge on any atom is 0.319 e. The van der Waals surface area contributed by atoms with Crippen LogP contribution in [0.5, 0.6) is 5.75 Å². The normalized spacial score (nSPS) is 10.2. The molecule has 0 radical (unpaired) electrons. The van der Waals surface area contributed by atoms with Crippen molar-refractivity contribution >= 4 is 11.7 Å². The first-order valence-corrected chi connectivity index (χ1v) is 8.21. The predicted molar refractivity (Wildman–Crippen MR) is 101 cm³/mol. The smallest absolute Gasteiger partial charge is 0.319 e. The van der Waals surface area contributed by atoms with Gasteiger partial charge in [-0.1, -0.05) is 17.7 Å². The van der Waals surface area contributed by atoms with Gasteiger partial charge in [-0.05, 0) is 49.4 Å². The molecule has 0 aliphatic rings. The number of carbonyl (C=O) groups is 1. The number of nitrogens with zero attached hydrogens (tertiary/aromatic N) is 2. The standard InChI is InChI=1S/C20H20N4O2/c1-14-3-7-16(8-4-14)24-20(25)21-12-17-11-19(23-13-22-17)15-5-9-18(26-2)10-6-15/h3-11,13H,12H2,1-2H3,(H2,21,24,25). The molecule has 2 N–H and O–H groups in total. The van der Waals surface area contributed by atoms with Crippen molar-refractivity contribution in [1.82, 2.24) is 15.3 Å². The zero-order valence-electron chi connectivity index (χ0n) is 14.7. The van der Waals surface area contributed by atoms with Gasteiger partial charge in [-0.2, -0.15) is 0 Å². The van der Waals surface area contributed by atoms with Crippen LogP contribution in [0.25, 0.3) is 11.3 Å². The number of benzene rings is 2. The maximum absolute atomic E-state index is 12.0. The van der Waals surface area contributed by atoms with Gasteiger partial charge in [-0.25, -0.2) is 14.8 Å². The van der Waals surface area contributed by atoms with Crippen molar-refractivity contribution in [3.05, 3.63) is 72.2 Å². The topological polar surface area (TPSA) is 76.1 Å². The Morgan fingerprint density at radius 2 is 1.77 bits per heavy atom. The SMILES string of the molecule is COc1ccc(-c2cc(CNC(=O)Nc3ccc(C)cc3)ncn2)cc1. The number of aryl methyl sites for hydroxylation is 1. The highest BCUT2D eigenvalue weighted by molar-refractivity contribution is 5.89. The van der Waals surface area contributed by atoms with Crippen molar-refractivity contribution in [2.75, 3.05) is 12.4 Å². The Morgan fingerprint density at radius 3 is 2.46 bits per heavy atom. The summed E-state index contributed by atoms with van der Waals surface area (Å²) in [6, 6.07) is 16.8. The average Bonchev–Trinajstić information content (AvgIpc) is 2.68. The number of aromatic nitrogens is 2. The summed E-state index contributed by atoms with van der Waals surface area (Å²) >= 11 is 0. The molecule has 26 heavy (non-hydrogen) atoms. The van der Waals surface area contributed by atoms with Crippen molar-refractivity contribution < 1.29 is 9.53 Å². The van der Waals surface area contributed by atoms with Gasteiger partial charge < -0.3 is 15.4 Å². The summed E-state index contributed by atoms with van der Waals surface area (Å²) in [4.78, 5) is 20.5. The fraction of sp³-hybridized carbons (Fsp3) is 0.150. The second kappa shape index (κ2) is 8.11. The van der Waals surface area contributed by atoms with Crippen LogP contribution in [0.2, 0.25) is 0 Å². The van der Waals surface area contributed by atoms with E-state index in [0.29, 0.717) is 6.54 Å². The molecule has 0 aliphatic carbocycles. The van der Waals surface area contributed by atoms with Crippen LogP contribution in [0.4, 0.5) is 10.5 Å². The lowest BCUT2D eigenvalue weighted by atomic mass is 10.1. The van der Waals surface area contributed by atoms with E-state index in [0.717, 1.165) is 34.0 Å². The molecule has 0 unspecified atom stereocenters. The Labute approximate surface area is 152 Å². The largest absolute Gasteiger partial charge is 0.497 e. The molecule has 132 valence electrons. The Kier molecular flexibility index (Phi) is 5.43. The molecule has 0 aliphatic heterocycles. The van der Waals surface area contributed by atoms with E-state index < -0.39 is 0 Å². The number of nitrogens with one attached hydrogen (secondary N) is 2. The second-order valence-corrected chi connectivity index (χ2v) is 5.80. The molecule has 3 rings (SSSR count). The molecule has 6 nitrogen and oxygen atoms in total.